The maximum Gasteiger partial charge on any atom is 0.242 e. The molecule has 1 aliphatic rings. The summed E-state index contributed by atoms with van der Waals surface area (Å²) in [5.41, 5.74) is 3.41. The highest BCUT2D eigenvalue weighted by Crippen LogP contribution is 2.18. The maximum atomic E-state index is 12.2. The third-order valence-corrected chi connectivity index (χ3v) is 3.26. The number of aromatic nitrogens is 2. The maximum absolute atomic E-state index is 12.2. The zero-order chi connectivity index (χ0) is 11.0. The normalized spacial score (nSPS) is 15.8. The molecule has 0 aliphatic heterocycles. The molecule has 3 heteroatoms. The molecule has 1 aromatic heterocycles. The molecule has 0 atom stereocenters. The van der Waals surface area contributed by atoms with E-state index in [4.69, 9.17) is 0 Å². The van der Waals surface area contributed by atoms with Crippen molar-refractivity contribution in [2.75, 3.05) is 0 Å². The second-order valence-electron chi connectivity index (χ2n) is 4.35. The van der Waals surface area contributed by atoms with Crippen LogP contribution in [0.15, 0.2) is 24.3 Å². The minimum Gasteiger partial charge on any atom is -0.618 e. The number of para-hydroxylation sites is 2. The highest BCUT2D eigenvalue weighted by atomic mass is 16.5. The van der Waals surface area contributed by atoms with Crippen LogP contribution in [0.3, 0.4) is 0 Å². The zero-order valence-electron chi connectivity index (χ0n) is 9.15. The topological polar surface area (TPSA) is 39.8 Å². The van der Waals surface area contributed by atoms with Gasteiger partial charge >= 0.3 is 0 Å². The first-order chi connectivity index (χ1) is 7.86. The van der Waals surface area contributed by atoms with Crippen LogP contribution >= 0.6 is 0 Å². The Bertz CT molecular complexity index is 537. The van der Waals surface area contributed by atoms with Gasteiger partial charge in [-0.2, -0.15) is 4.73 Å². The molecule has 0 saturated carbocycles. The number of benzene rings is 1. The molecule has 3 nitrogen and oxygen atoms in total. The lowest BCUT2D eigenvalue weighted by molar-refractivity contribution is -0.586. The predicted octanol–water partition coefficient (Wildman–Crippen LogP) is 2.14. The van der Waals surface area contributed by atoms with Crippen molar-refractivity contribution in [3.8, 4) is 0 Å². The summed E-state index contributed by atoms with van der Waals surface area (Å²) < 4.78 is 1.09. The number of hydrogen-bond acceptors (Lipinski definition) is 2. The average Bonchev–Trinajstić information content (AvgIpc) is 2.55. The van der Waals surface area contributed by atoms with Crippen LogP contribution in [-0.2, 0) is 12.8 Å². The van der Waals surface area contributed by atoms with Crippen molar-refractivity contribution in [3.63, 3.8) is 0 Å². The van der Waals surface area contributed by atoms with Crippen LogP contribution in [0.25, 0.3) is 11.0 Å². The van der Waals surface area contributed by atoms with Crippen molar-refractivity contribution < 1.29 is 4.73 Å². The van der Waals surface area contributed by atoms with E-state index in [1.165, 1.54) is 6.42 Å². The summed E-state index contributed by atoms with van der Waals surface area (Å²) in [6, 6.07) is 7.58. The van der Waals surface area contributed by atoms with E-state index in [0.29, 0.717) is 5.52 Å². The Morgan fingerprint density at radius 3 is 2.81 bits per heavy atom. The third kappa shape index (κ3) is 1.43. The highest BCUT2D eigenvalue weighted by molar-refractivity contribution is 5.70. The van der Waals surface area contributed by atoms with E-state index >= 15 is 0 Å². The monoisotopic (exact) mass is 214 g/mol. The van der Waals surface area contributed by atoms with E-state index in [0.717, 1.165) is 47.3 Å². The molecule has 3 rings (SSSR count). The van der Waals surface area contributed by atoms with Crippen LogP contribution < -0.4 is 4.73 Å². The van der Waals surface area contributed by atoms with E-state index in [9.17, 15) is 5.21 Å². The molecule has 0 bridgehead atoms. The number of rotatable bonds is 0. The lowest BCUT2D eigenvalue weighted by Crippen LogP contribution is -2.34. The first-order valence-corrected chi connectivity index (χ1v) is 5.86. The minimum atomic E-state index is 0.697. The Balaban J connectivity index is 2.29. The predicted molar refractivity (Wildman–Crippen MR) is 62.0 cm³/mol. The van der Waals surface area contributed by atoms with Crippen molar-refractivity contribution in [3.05, 3.63) is 40.9 Å². The molecule has 2 aromatic rings. The largest absolute Gasteiger partial charge is 0.618 e. The molecule has 0 N–H and O–H groups in total. The highest BCUT2D eigenvalue weighted by Gasteiger charge is 2.20. The summed E-state index contributed by atoms with van der Waals surface area (Å²) in [5.74, 6) is 0. The summed E-state index contributed by atoms with van der Waals surface area (Å²) in [5, 5.41) is 12.2. The standard InChI is InChI=1S/C13H14N2O/c16-15-12-8-3-1-2-6-10(12)14-11-7-4-5-9-13(11)15/h4-5,7,9H,1-3,6,8H2. The van der Waals surface area contributed by atoms with Crippen LogP contribution in [0.2, 0.25) is 0 Å². The second-order valence-corrected chi connectivity index (χ2v) is 4.35. The average molecular weight is 214 g/mol. The molecule has 0 radical (unpaired) electrons. The van der Waals surface area contributed by atoms with Crippen LogP contribution in [-0.4, -0.2) is 4.98 Å². The summed E-state index contributed by atoms with van der Waals surface area (Å²) in [7, 11) is 0. The molecule has 16 heavy (non-hydrogen) atoms. The van der Waals surface area contributed by atoms with Gasteiger partial charge in [-0.15, -0.1) is 0 Å². The van der Waals surface area contributed by atoms with Crippen molar-refractivity contribution >= 4 is 11.0 Å². The molecule has 1 aliphatic carbocycles. The SMILES string of the molecule is [O-][n+]1c2c(nc3ccccc31)CCCCC2. The Morgan fingerprint density at radius 1 is 1.06 bits per heavy atom. The van der Waals surface area contributed by atoms with E-state index in [2.05, 4.69) is 4.98 Å². The van der Waals surface area contributed by atoms with Gasteiger partial charge in [-0.3, -0.25) is 0 Å². The third-order valence-electron chi connectivity index (χ3n) is 3.26. The molecule has 0 saturated heterocycles. The van der Waals surface area contributed by atoms with Crippen LogP contribution in [0, 0.1) is 5.21 Å². The van der Waals surface area contributed by atoms with Gasteiger partial charge in [0.05, 0.1) is 0 Å². The van der Waals surface area contributed by atoms with Gasteiger partial charge in [-0.1, -0.05) is 18.6 Å². The quantitative estimate of drug-likeness (QED) is 0.383. The van der Waals surface area contributed by atoms with Gasteiger partial charge in [0, 0.05) is 12.5 Å². The van der Waals surface area contributed by atoms with Gasteiger partial charge in [-0.05, 0) is 25.3 Å². The number of fused-ring (bicyclic) bond motifs is 2. The molecule has 1 aromatic carbocycles. The number of aryl methyl sites for hydroxylation is 1. The van der Waals surface area contributed by atoms with Gasteiger partial charge in [0.15, 0.2) is 0 Å². The van der Waals surface area contributed by atoms with E-state index in [1.54, 1.807) is 0 Å². The molecular formula is C13H14N2O. The zero-order valence-corrected chi connectivity index (χ0v) is 9.15. The second kappa shape index (κ2) is 3.74. The minimum absolute atomic E-state index is 0.697. The number of nitrogens with zero attached hydrogens (tertiary/aromatic N) is 2. The molecular weight excluding hydrogens is 200 g/mol. The molecule has 1 heterocycles. The van der Waals surface area contributed by atoms with Crippen molar-refractivity contribution in [1.82, 2.24) is 4.98 Å². The summed E-state index contributed by atoms with van der Waals surface area (Å²) >= 11 is 0. The van der Waals surface area contributed by atoms with Crippen molar-refractivity contribution in [2.45, 2.75) is 32.1 Å². The van der Waals surface area contributed by atoms with E-state index in [1.807, 2.05) is 24.3 Å². The molecule has 82 valence electrons. The van der Waals surface area contributed by atoms with Crippen LogP contribution in [0.1, 0.15) is 30.7 Å². The first-order valence-electron chi connectivity index (χ1n) is 5.86. The lowest BCUT2D eigenvalue weighted by Gasteiger charge is -2.09. The Kier molecular flexibility index (Phi) is 2.24. The van der Waals surface area contributed by atoms with E-state index in [-0.39, 0.29) is 0 Å². The fraction of sp³-hybridized carbons (Fsp3) is 0.385. The molecule has 0 amide bonds. The Morgan fingerprint density at radius 2 is 1.88 bits per heavy atom. The van der Waals surface area contributed by atoms with Crippen LogP contribution in [0.4, 0.5) is 0 Å². The van der Waals surface area contributed by atoms with Crippen molar-refractivity contribution in [2.24, 2.45) is 0 Å². The molecule has 0 spiro atoms. The van der Waals surface area contributed by atoms with E-state index < -0.39 is 0 Å². The Labute approximate surface area is 94.3 Å². The Hall–Kier alpha value is -1.64. The van der Waals surface area contributed by atoms with Crippen LogP contribution in [0.5, 0.6) is 0 Å². The summed E-state index contributed by atoms with van der Waals surface area (Å²) in [6.07, 6.45) is 5.28. The van der Waals surface area contributed by atoms with Gasteiger partial charge in [0.25, 0.3) is 0 Å². The fourth-order valence-corrected chi connectivity index (χ4v) is 2.41. The lowest BCUT2D eigenvalue weighted by atomic mass is 10.2. The fourth-order valence-electron chi connectivity index (χ4n) is 2.41. The van der Waals surface area contributed by atoms with Gasteiger partial charge < -0.3 is 5.21 Å². The molecule has 0 unspecified atom stereocenters. The van der Waals surface area contributed by atoms with Gasteiger partial charge in [-0.25, -0.2) is 4.98 Å². The summed E-state index contributed by atoms with van der Waals surface area (Å²) in [4.78, 5) is 4.62. The smallest absolute Gasteiger partial charge is 0.242 e. The van der Waals surface area contributed by atoms with Crippen molar-refractivity contribution in [1.29, 1.82) is 0 Å². The summed E-state index contributed by atoms with van der Waals surface area (Å²) in [6.45, 7) is 0. The first kappa shape index (κ1) is 9.58. The van der Waals surface area contributed by atoms with Gasteiger partial charge in [0.1, 0.15) is 11.2 Å². The molecule has 0 fully saturated rings. The number of hydrogen-bond donors (Lipinski definition) is 0. The van der Waals surface area contributed by atoms with Gasteiger partial charge in [0.2, 0.25) is 11.2 Å².